The van der Waals surface area contributed by atoms with Gasteiger partial charge in [0.25, 0.3) is 5.91 Å². The molecule has 116 valence electrons. The predicted octanol–water partition coefficient (Wildman–Crippen LogP) is 2.05. The lowest BCUT2D eigenvalue weighted by Gasteiger charge is -2.34. The van der Waals surface area contributed by atoms with Crippen LogP contribution in [0, 0.1) is 0 Å². The number of benzene rings is 1. The molecule has 0 radical (unpaired) electrons. The number of hydrogen-bond donors (Lipinski definition) is 1. The van der Waals surface area contributed by atoms with Crippen LogP contribution in [0.2, 0.25) is 0 Å². The van der Waals surface area contributed by atoms with Crippen LogP contribution in [0.1, 0.15) is 36.0 Å². The molecule has 2 rings (SSSR count). The zero-order valence-electron chi connectivity index (χ0n) is 13.0. The summed E-state index contributed by atoms with van der Waals surface area (Å²) in [6.07, 6.45) is 3.82. The Balaban J connectivity index is 2.23. The first-order valence-corrected chi connectivity index (χ1v) is 7.32. The van der Waals surface area contributed by atoms with Gasteiger partial charge < -0.3 is 20.1 Å². The molecule has 1 saturated carbocycles. The second-order valence-electron chi connectivity index (χ2n) is 5.52. The second-order valence-corrected chi connectivity index (χ2v) is 5.52. The monoisotopic (exact) mass is 292 g/mol. The van der Waals surface area contributed by atoms with Crippen molar-refractivity contribution in [2.24, 2.45) is 5.73 Å². The zero-order chi connectivity index (χ0) is 15.4. The molecule has 0 aliphatic heterocycles. The summed E-state index contributed by atoms with van der Waals surface area (Å²) in [6, 6.07) is 5.87. The molecule has 0 aromatic heterocycles. The molecule has 1 aromatic carbocycles. The third-order valence-corrected chi connectivity index (χ3v) is 4.25. The molecule has 1 amide bonds. The fraction of sp³-hybridized carbons (Fsp3) is 0.562. The van der Waals surface area contributed by atoms with Crippen LogP contribution in [-0.2, 0) is 0 Å². The van der Waals surface area contributed by atoms with Crippen LogP contribution in [0.3, 0.4) is 0 Å². The van der Waals surface area contributed by atoms with E-state index in [0.717, 1.165) is 25.7 Å². The number of carbonyl (C=O) groups is 1. The quantitative estimate of drug-likeness (QED) is 0.922. The smallest absolute Gasteiger partial charge is 0.261 e. The Morgan fingerprint density at radius 2 is 1.67 bits per heavy atom. The topological polar surface area (TPSA) is 64.8 Å². The molecule has 1 fully saturated rings. The molecular formula is C16H24N2O3. The van der Waals surface area contributed by atoms with E-state index in [9.17, 15) is 4.79 Å². The number of rotatable bonds is 4. The Labute approximate surface area is 126 Å². The minimum Gasteiger partial charge on any atom is -0.496 e. The van der Waals surface area contributed by atoms with E-state index in [0.29, 0.717) is 17.1 Å². The van der Waals surface area contributed by atoms with Crippen LogP contribution in [0.25, 0.3) is 0 Å². The van der Waals surface area contributed by atoms with Gasteiger partial charge in [0.05, 0.1) is 14.2 Å². The lowest BCUT2D eigenvalue weighted by Crippen LogP contribution is -2.42. The molecule has 0 unspecified atom stereocenters. The van der Waals surface area contributed by atoms with E-state index in [1.165, 1.54) is 0 Å². The van der Waals surface area contributed by atoms with Crippen molar-refractivity contribution in [1.82, 2.24) is 4.90 Å². The molecule has 5 heteroatoms. The standard InChI is InChI=1S/C16H24N2O3/c1-18(12-9-7-11(17)8-10-12)16(19)15-13(20-2)5-4-6-14(15)21-3/h4-6,11-12H,7-10,17H2,1-3H3. The SMILES string of the molecule is COc1cccc(OC)c1C(=O)N(C)C1CCC(N)CC1. The zero-order valence-corrected chi connectivity index (χ0v) is 13.0. The van der Waals surface area contributed by atoms with E-state index in [-0.39, 0.29) is 18.0 Å². The van der Waals surface area contributed by atoms with E-state index < -0.39 is 0 Å². The lowest BCUT2D eigenvalue weighted by molar-refractivity contribution is 0.0683. The van der Waals surface area contributed by atoms with Crippen LogP contribution >= 0.6 is 0 Å². The molecule has 0 heterocycles. The molecule has 1 aliphatic carbocycles. The van der Waals surface area contributed by atoms with E-state index in [1.807, 2.05) is 13.1 Å². The van der Waals surface area contributed by atoms with Gasteiger partial charge in [0.15, 0.2) is 0 Å². The van der Waals surface area contributed by atoms with Crippen LogP contribution in [0.15, 0.2) is 18.2 Å². The number of nitrogens with zero attached hydrogens (tertiary/aromatic N) is 1. The Kier molecular flexibility index (Phi) is 5.07. The molecule has 0 bridgehead atoms. The summed E-state index contributed by atoms with van der Waals surface area (Å²) in [5.41, 5.74) is 6.42. The van der Waals surface area contributed by atoms with Gasteiger partial charge in [-0.2, -0.15) is 0 Å². The van der Waals surface area contributed by atoms with E-state index in [1.54, 1.807) is 31.3 Å². The average Bonchev–Trinajstić information content (AvgIpc) is 2.53. The average molecular weight is 292 g/mol. The van der Waals surface area contributed by atoms with Crippen molar-refractivity contribution in [2.45, 2.75) is 37.8 Å². The fourth-order valence-corrected chi connectivity index (χ4v) is 2.89. The Hall–Kier alpha value is -1.75. The first kappa shape index (κ1) is 15.6. The lowest BCUT2D eigenvalue weighted by atomic mass is 9.90. The van der Waals surface area contributed by atoms with Crippen LogP contribution in [-0.4, -0.2) is 44.2 Å². The normalized spacial score (nSPS) is 21.7. The van der Waals surface area contributed by atoms with E-state index in [2.05, 4.69) is 0 Å². The van der Waals surface area contributed by atoms with E-state index in [4.69, 9.17) is 15.2 Å². The Bertz CT molecular complexity index is 474. The molecule has 1 aliphatic rings. The molecule has 21 heavy (non-hydrogen) atoms. The van der Waals surface area contributed by atoms with Crippen molar-refractivity contribution < 1.29 is 14.3 Å². The summed E-state index contributed by atoms with van der Waals surface area (Å²) in [6.45, 7) is 0. The van der Waals surface area contributed by atoms with Crippen LogP contribution in [0.5, 0.6) is 11.5 Å². The van der Waals surface area contributed by atoms with Gasteiger partial charge >= 0.3 is 0 Å². The number of hydrogen-bond acceptors (Lipinski definition) is 4. The minimum atomic E-state index is -0.0650. The molecule has 2 N–H and O–H groups in total. The van der Waals surface area contributed by atoms with Gasteiger partial charge in [-0.05, 0) is 37.8 Å². The van der Waals surface area contributed by atoms with Crippen LogP contribution < -0.4 is 15.2 Å². The van der Waals surface area contributed by atoms with Gasteiger partial charge in [-0.1, -0.05) is 6.07 Å². The number of nitrogens with two attached hydrogens (primary N) is 1. The van der Waals surface area contributed by atoms with Gasteiger partial charge in [-0.15, -0.1) is 0 Å². The van der Waals surface area contributed by atoms with Crippen molar-refractivity contribution >= 4 is 5.91 Å². The highest BCUT2D eigenvalue weighted by Crippen LogP contribution is 2.31. The summed E-state index contributed by atoms with van der Waals surface area (Å²) < 4.78 is 10.6. The first-order chi connectivity index (χ1) is 10.1. The Morgan fingerprint density at radius 1 is 1.14 bits per heavy atom. The highest BCUT2D eigenvalue weighted by molar-refractivity contribution is 5.99. The summed E-state index contributed by atoms with van der Waals surface area (Å²) in [5, 5.41) is 0. The molecule has 5 nitrogen and oxygen atoms in total. The third-order valence-electron chi connectivity index (χ3n) is 4.25. The fourth-order valence-electron chi connectivity index (χ4n) is 2.89. The van der Waals surface area contributed by atoms with Crippen molar-refractivity contribution in [3.63, 3.8) is 0 Å². The van der Waals surface area contributed by atoms with Crippen molar-refractivity contribution in [2.75, 3.05) is 21.3 Å². The van der Waals surface area contributed by atoms with Crippen molar-refractivity contribution in [3.8, 4) is 11.5 Å². The maximum atomic E-state index is 12.8. The molecule has 1 aromatic rings. The van der Waals surface area contributed by atoms with Gasteiger partial charge in [0, 0.05) is 19.1 Å². The molecule has 0 spiro atoms. The van der Waals surface area contributed by atoms with Crippen molar-refractivity contribution in [1.29, 1.82) is 0 Å². The molecule has 0 atom stereocenters. The minimum absolute atomic E-state index is 0.0650. The maximum Gasteiger partial charge on any atom is 0.261 e. The molecule has 0 saturated heterocycles. The largest absolute Gasteiger partial charge is 0.496 e. The number of amides is 1. The van der Waals surface area contributed by atoms with E-state index >= 15 is 0 Å². The maximum absolute atomic E-state index is 12.8. The van der Waals surface area contributed by atoms with Gasteiger partial charge in [0.1, 0.15) is 17.1 Å². The van der Waals surface area contributed by atoms with Gasteiger partial charge in [-0.25, -0.2) is 0 Å². The van der Waals surface area contributed by atoms with Crippen molar-refractivity contribution in [3.05, 3.63) is 23.8 Å². The number of methoxy groups -OCH3 is 2. The van der Waals surface area contributed by atoms with Gasteiger partial charge in [0.2, 0.25) is 0 Å². The molecular weight excluding hydrogens is 268 g/mol. The highest BCUT2D eigenvalue weighted by atomic mass is 16.5. The second kappa shape index (κ2) is 6.80. The highest BCUT2D eigenvalue weighted by Gasteiger charge is 2.28. The Morgan fingerprint density at radius 3 is 2.14 bits per heavy atom. The number of carbonyl (C=O) groups excluding carboxylic acids is 1. The summed E-state index contributed by atoms with van der Waals surface area (Å²) in [7, 11) is 4.96. The third kappa shape index (κ3) is 3.29. The number of ether oxygens (including phenoxy) is 2. The predicted molar refractivity (Wildman–Crippen MR) is 81.9 cm³/mol. The van der Waals surface area contributed by atoms with Gasteiger partial charge in [-0.3, -0.25) is 4.79 Å². The summed E-state index contributed by atoms with van der Waals surface area (Å²) in [5.74, 6) is 1.02. The summed E-state index contributed by atoms with van der Waals surface area (Å²) >= 11 is 0. The van der Waals surface area contributed by atoms with Crippen LogP contribution in [0.4, 0.5) is 0 Å². The summed E-state index contributed by atoms with van der Waals surface area (Å²) in [4.78, 5) is 14.6. The first-order valence-electron chi connectivity index (χ1n) is 7.32.